The minimum Gasteiger partial charge on any atom is -0.862 e. The van der Waals surface area contributed by atoms with Gasteiger partial charge in [-0.05, 0) is 30.6 Å². The van der Waals surface area contributed by atoms with E-state index in [4.69, 9.17) is 9.26 Å². The highest BCUT2D eigenvalue weighted by Gasteiger charge is 2.23. The molecule has 0 aliphatic rings. The fourth-order valence-electron chi connectivity index (χ4n) is 2.17. The lowest BCUT2D eigenvalue weighted by atomic mass is 10.1. The van der Waals surface area contributed by atoms with Gasteiger partial charge >= 0.3 is 5.88 Å². The average Bonchev–Trinajstić information content (AvgIpc) is 2.87. The van der Waals surface area contributed by atoms with E-state index in [1.54, 1.807) is 11.8 Å². The fraction of sp³-hybridized carbons (Fsp3) is 0.400. The van der Waals surface area contributed by atoms with E-state index in [9.17, 15) is 5.11 Å². The van der Waals surface area contributed by atoms with E-state index in [1.165, 1.54) is 6.92 Å². The third-order valence-corrected chi connectivity index (χ3v) is 3.17. The normalized spacial score (nSPS) is 11.7. The number of aryl methyl sites for hydroxylation is 2. The number of rotatable bonds is 7. The maximum atomic E-state index is 11.1. The van der Waals surface area contributed by atoms with E-state index in [2.05, 4.69) is 15.6 Å². The van der Waals surface area contributed by atoms with Gasteiger partial charge in [0.05, 0.1) is 13.7 Å². The monoisotopic (exact) mass is 304 g/mol. The van der Waals surface area contributed by atoms with Crippen molar-refractivity contribution in [3.63, 3.8) is 0 Å². The number of hydrogen-bond donors (Lipinski definition) is 1. The first kappa shape index (κ1) is 16.0. The zero-order chi connectivity index (χ0) is 15.9. The standard InChI is InChI=1S/C15H20N4O3/c1-11(20)17-15-13(10-16-2)19(18-22-15)9-8-12-6-4-5-7-14(12)21-3/h4-7,16H,8-10H2,1-3H3. The van der Waals surface area contributed by atoms with Gasteiger partial charge < -0.3 is 15.2 Å². The van der Waals surface area contributed by atoms with E-state index in [0.717, 1.165) is 23.4 Å². The number of nitrogens with one attached hydrogen (secondary N) is 1. The summed E-state index contributed by atoms with van der Waals surface area (Å²) in [5, 5.41) is 18.1. The highest BCUT2D eigenvalue weighted by atomic mass is 16.5. The van der Waals surface area contributed by atoms with Crippen LogP contribution in [0.1, 0.15) is 18.2 Å². The van der Waals surface area contributed by atoms with Crippen LogP contribution in [0, 0.1) is 0 Å². The molecule has 0 saturated heterocycles. The molecule has 1 aromatic carbocycles. The van der Waals surface area contributed by atoms with E-state index >= 15 is 0 Å². The summed E-state index contributed by atoms with van der Waals surface area (Å²) in [6.07, 6.45) is 0.734. The number of para-hydroxylation sites is 1. The molecule has 2 aromatic rings. The number of nitrogens with zero attached hydrogens (tertiary/aromatic N) is 3. The van der Waals surface area contributed by atoms with Crippen molar-refractivity contribution in [3.8, 4) is 5.75 Å². The molecule has 0 bridgehead atoms. The molecule has 2 rings (SSSR count). The molecule has 1 N–H and O–H groups in total. The second-order valence-corrected chi connectivity index (χ2v) is 4.77. The minimum absolute atomic E-state index is 0.252. The third-order valence-electron chi connectivity index (χ3n) is 3.17. The van der Waals surface area contributed by atoms with Gasteiger partial charge in [0.25, 0.3) is 5.69 Å². The summed E-state index contributed by atoms with van der Waals surface area (Å²) in [6, 6.07) is 7.84. The smallest absolute Gasteiger partial charge is 0.325 e. The van der Waals surface area contributed by atoms with Crippen LogP contribution in [0.5, 0.6) is 5.75 Å². The number of ether oxygens (including phenoxy) is 1. The van der Waals surface area contributed by atoms with Crippen molar-refractivity contribution in [2.45, 2.75) is 26.4 Å². The van der Waals surface area contributed by atoms with Gasteiger partial charge in [0, 0.05) is 12.0 Å². The van der Waals surface area contributed by atoms with Crippen molar-refractivity contribution < 1.29 is 19.0 Å². The van der Waals surface area contributed by atoms with Gasteiger partial charge in [-0.15, -0.1) is 0 Å². The van der Waals surface area contributed by atoms with Gasteiger partial charge in [0.2, 0.25) is 5.27 Å². The van der Waals surface area contributed by atoms with Gasteiger partial charge in [0.15, 0.2) is 6.54 Å². The van der Waals surface area contributed by atoms with Gasteiger partial charge in [-0.1, -0.05) is 18.2 Å². The molecule has 7 heteroatoms. The molecular weight excluding hydrogens is 284 g/mol. The topological polar surface area (TPSA) is 86.6 Å². The van der Waals surface area contributed by atoms with Gasteiger partial charge in [0.1, 0.15) is 5.75 Å². The molecule has 1 aromatic heterocycles. The highest BCUT2D eigenvalue weighted by Crippen LogP contribution is 2.18. The van der Waals surface area contributed by atoms with Crippen LogP contribution in [0.4, 0.5) is 5.88 Å². The lowest BCUT2D eigenvalue weighted by Gasteiger charge is -2.05. The summed E-state index contributed by atoms with van der Waals surface area (Å²) >= 11 is 0. The van der Waals surface area contributed by atoms with Crippen molar-refractivity contribution in [2.24, 2.45) is 4.99 Å². The Labute approximate surface area is 129 Å². The molecule has 0 unspecified atom stereocenters. The first-order valence-corrected chi connectivity index (χ1v) is 7.03. The van der Waals surface area contributed by atoms with Gasteiger partial charge in [-0.25, -0.2) is 4.99 Å². The summed E-state index contributed by atoms with van der Waals surface area (Å²) in [5.41, 5.74) is 1.83. The van der Waals surface area contributed by atoms with Crippen LogP contribution >= 0.6 is 0 Å². The van der Waals surface area contributed by atoms with E-state index < -0.39 is 0 Å². The lowest BCUT2D eigenvalue weighted by molar-refractivity contribution is -0.767. The lowest BCUT2D eigenvalue weighted by Crippen LogP contribution is -2.41. The molecule has 0 fully saturated rings. The SMILES string of the molecule is CNCc1c(/N=C(/C)[O-])on[n+]1CCc1ccccc1OC. The van der Waals surface area contributed by atoms with Crippen LogP contribution in [-0.2, 0) is 19.5 Å². The highest BCUT2D eigenvalue weighted by molar-refractivity contribution is 5.71. The molecule has 118 valence electrons. The first-order chi connectivity index (χ1) is 10.7. The molecule has 22 heavy (non-hydrogen) atoms. The maximum absolute atomic E-state index is 11.1. The number of methoxy groups -OCH3 is 1. The van der Waals surface area contributed by atoms with Crippen molar-refractivity contribution >= 4 is 11.8 Å². The molecular formula is C15H20N4O3. The van der Waals surface area contributed by atoms with E-state index in [0.29, 0.717) is 13.1 Å². The molecule has 0 radical (unpaired) electrons. The summed E-state index contributed by atoms with van der Waals surface area (Å²) in [5.74, 6) is 0.780. The van der Waals surface area contributed by atoms with Crippen molar-refractivity contribution in [1.82, 2.24) is 10.6 Å². The molecule has 1 heterocycles. The second-order valence-electron chi connectivity index (χ2n) is 4.77. The van der Waals surface area contributed by atoms with Gasteiger partial charge in [-0.3, -0.25) is 4.52 Å². The van der Waals surface area contributed by atoms with Crippen LogP contribution in [0.15, 0.2) is 33.8 Å². The Kier molecular flexibility index (Phi) is 5.48. The Bertz CT molecular complexity index is 648. The molecule has 7 nitrogen and oxygen atoms in total. The van der Waals surface area contributed by atoms with Crippen LogP contribution in [-0.4, -0.2) is 25.3 Å². The largest absolute Gasteiger partial charge is 0.862 e. The predicted molar refractivity (Wildman–Crippen MR) is 78.9 cm³/mol. The Balaban J connectivity index is 2.19. The molecule has 0 aliphatic carbocycles. The minimum atomic E-state index is -0.314. The summed E-state index contributed by atoms with van der Waals surface area (Å²) in [4.78, 5) is 3.83. The molecule has 0 saturated carbocycles. The summed E-state index contributed by atoms with van der Waals surface area (Å²) < 4.78 is 12.2. The summed E-state index contributed by atoms with van der Waals surface area (Å²) in [7, 11) is 3.47. The number of benzene rings is 1. The number of aromatic nitrogens is 2. The Morgan fingerprint density at radius 3 is 2.91 bits per heavy atom. The van der Waals surface area contributed by atoms with E-state index in [-0.39, 0.29) is 11.8 Å². The number of aliphatic imine (C=N–C) groups is 1. The van der Waals surface area contributed by atoms with Crippen molar-refractivity contribution in [3.05, 3.63) is 35.5 Å². The van der Waals surface area contributed by atoms with Crippen LogP contribution in [0.2, 0.25) is 0 Å². The zero-order valence-electron chi connectivity index (χ0n) is 13.0. The van der Waals surface area contributed by atoms with Crippen LogP contribution in [0.25, 0.3) is 0 Å². The zero-order valence-corrected chi connectivity index (χ0v) is 13.0. The van der Waals surface area contributed by atoms with E-state index in [1.807, 2.05) is 31.3 Å². The quantitative estimate of drug-likeness (QED) is 0.453. The predicted octanol–water partition coefficient (Wildman–Crippen LogP) is 0.343. The molecule has 0 atom stereocenters. The van der Waals surface area contributed by atoms with Crippen molar-refractivity contribution in [2.75, 3.05) is 14.2 Å². The van der Waals surface area contributed by atoms with Crippen molar-refractivity contribution in [1.29, 1.82) is 0 Å². The Morgan fingerprint density at radius 1 is 1.45 bits per heavy atom. The maximum Gasteiger partial charge on any atom is 0.325 e. The van der Waals surface area contributed by atoms with Crippen LogP contribution in [0.3, 0.4) is 0 Å². The average molecular weight is 304 g/mol. The number of hydrogen-bond acceptors (Lipinski definition) is 6. The van der Waals surface area contributed by atoms with Crippen LogP contribution < -0.4 is 19.8 Å². The molecule has 0 spiro atoms. The van der Waals surface area contributed by atoms with Gasteiger partial charge in [-0.2, -0.15) is 0 Å². The molecule has 0 aliphatic heterocycles. The second kappa shape index (κ2) is 7.56. The summed E-state index contributed by atoms with van der Waals surface area (Å²) in [6.45, 7) is 2.50. The Morgan fingerprint density at radius 2 is 2.23 bits per heavy atom. The first-order valence-electron chi connectivity index (χ1n) is 7.03. The molecule has 0 amide bonds. The Hall–Kier alpha value is -2.41. The fourth-order valence-corrected chi connectivity index (χ4v) is 2.17. The third kappa shape index (κ3) is 3.82.